The summed E-state index contributed by atoms with van der Waals surface area (Å²) in [6, 6.07) is 11.3. The van der Waals surface area contributed by atoms with E-state index in [1.165, 1.54) is 6.07 Å². The summed E-state index contributed by atoms with van der Waals surface area (Å²) in [5.74, 6) is -0.924. The van der Waals surface area contributed by atoms with Crippen molar-refractivity contribution in [1.29, 1.82) is 0 Å². The van der Waals surface area contributed by atoms with Gasteiger partial charge < -0.3 is 9.73 Å². The predicted molar refractivity (Wildman–Crippen MR) is 95.3 cm³/mol. The molecular weight excluding hydrogens is 337 g/mol. The maximum atomic E-state index is 13.9. The van der Waals surface area contributed by atoms with Crippen LogP contribution in [0.15, 0.2) is 51.7 Å². The second-order valence-corrected chi connectivity index (χ2v) is 6.43. The molecule has 0 spiro atoms. The summed E-state index contributed by atoms with van der Waals surface area (Å²) in [6.07, 6.45) is 1.62. The molecule has 26 heavy (non-hydrogen) atoms. The van der Waals surface area contributed by atoms with Gasteiger partial charge in [0.1, 0.15) is 5.82 Å². The van der Waals surface area contributed by atoms with Crippen LogP contribution >= 0.6 is 0 Å². The summed E-state index contributed by atoms with van der Waals surface area (Å²) in [5, 5.41) is 2.88. The van der Waals surface area contributed by atoms with Crippen molar-refractivity contribution < 1.29 is 13.6 Å². The third-order valence-electron chi connectivity index (χ3n) is 4.68. The summed E-state index contributed by atoms with van der Waals surface area (Å²) in [6.45, 7) is 1.15. The molecule has 1 saturated heterocycles. The quantitative estimate of drug-likeness (QED) is 0.754. The minimum Gasteiger partial charge on any atom is -0.408 e. The van der Waals surface area contributed by atoms with Gasteiger partial charge in [0.2, 0.25) is 5.91 Å². The molecule has 0 saturated carbocycles. The lowest BCUT2D eigenvalue weighted by Gasteiger charge is -2.24. The highest BCUT2D eigenvalue weighted by Gasteiger charge is 2.31. The molecule has 1 aliphatic rings. The van der Waals surface area contributed by atoms with Crippen molar-refractivity contribution in [2.24, 2.45) is 0 Å². The van der Waals surface area contributed by atoms with Crippen molar-refractivity contribution in [2.75, 3.05) is 11.9 Å². The zero-order valence-electron chi connectivity index (χ0n) is 14.0. The molecule has 4 rings (SSSR count). The van der Waals surface area contributed by atoms with E-state index in [4.69, 9.17) is 4.42 Å². The summed E-state index contributed by atoms with van der Waals surface area (Å²) in [4.78, 5) is 28.5. The first-order valence-electron chi connectivity index (χ1n) is 8.51. The number of nitrogens with zero attached hydrogens (tertiary/aromatic N) is 1. The average molecular weight is 355 g/mol. The monoisotopic (exact) mass is 355 g/mol. The van der Waals surface area contributed by atoms with Crippen LogP contribution in [0.25, 0.3) is 11.1 Å². The van der Waals surface area contributed by atoms with Crippen LogP contribution in [0.4, 0.5) is 10.1 Å². The Morgan fingerprint density at radius 2 is 2.15 bits per heavy atom. The normalized spacial score (nSPS) is 17.7. The number of likely N-dealkylation sites (tertiary alicyclic amines) is 1. The number of halogens is 1. The van der Waals surface area contributed by atoms with E-state index < -0.39 is 5.76 Å². The number of aromatic amines is 1. The van der Waals surface area contributed by atoms with Gasteiger partial charge in [-0.05, 0) is 43.7 Å². The van der Waals surface area contributed by atoms with Crippen molar-refractivity contribution >= 4 is 22.7 Å². The lowest BCUT2D eigenvalue weighted by molar-refractivity contribution is -0.120. The molecule has 7 heteroatoms. The Kier molecular flexibility index (Phi) is 4.30. The zero-order valence-corrected chi connectivity index (χ0v) is 14.0. The molecule has 1 amide bonds. The number of nitrogens with one attached hydrogen (secondary N) is 2. The zero-order chi connectivity index (χ0) is 18.1. The van der Waals surface area contributed by atoms with E-state index >= 15 is 0 Å². The van der Waals surface area contributed by atoms with E-state index in [9.17, 15) is 14.0 Å². The van der Waals surface area contributed by atoms with Crippen LogP contribution in [0.5, 0.6) is 0 Å². The Balaban J connectivity index is 1.49. The van der Waals surface area contributed by atoms with Gasteiger partial charge in [-0.1, -0.05) is 18.2 Å². The maximum Gasteiger partial charge on any atom is 0.417 e. The fourth-order valence-electron chi connectivity index (χ4n) is 3.41. The molecule has 134 valence electrons. The molecule has 0 radical (unpaired) electrons. The smallest absolute Gasteiger partial charge is 0.408 e. The van der Waals surface area contributed by atoms with E-state index in [2.05, 4.69) is 10.3 Å². The number of benzene rings is 2. The fourth-order valence-corrected chi connectivity index (χ4v) is 3.41. The molecule has 1 aromatic heterocycles. The number of carbonyl (C=O) groups excluding carboxylic acids is 1. The van der Waals surface area contributed by atoms with Crippen LogP contribution in [0.2, 0.25) is 0 Å². The van der Waals surface area contributed by atoms with Gasteiger partial charge in [0.05, 0.1) is 11.6 Å². The standard InChI is InChI=1S/C19H18FN3O3/c20-14-5-2-1-4-12(14)11-23-9-3-6-16(23)18(24)21-13-7-8-17-15(10-13)22-19(25)26-17/h1-2,4-5,7-8,10,16H,3,6,9,11H2,(H,21,24)(H,22,25). The summed E-state index contributed by atoms with van der Waals surface area (Å²) in [5.41, 5.74) is 2.14. The largest absolute Gasteiger partial charge is 0.417 e. The fraction of sp³-hybridized carbons (Fsp3) is 0.263. The molecule has 1 fully saturated rings. The number of anilines is 1. The third-order valence-corrected chi connectivity index (χ3v) is 4.68. The number of amides is 1. The number of H-pyrrole nitrogens is 1. The van der Waals surface area contributed by atoms with Crippen molar-refractivity contribution in [1.82, 2.24) is 9.88 Å². The molecule has 1 aliphatic heterocycles. The lowest BCUT2D eigenvalue weighted by atomic mass is 10.1. The van der Waals surface area contributed by atoms with Gasteiger partial charge in [-0.15, -0.1) is 0 Å². The number of rotatable bonds is 4. The van der Waals surface area contributed by atoms with Crippen LogP contribution in [-0.4, -0.2) is 28.4 Å². The first kappa shape index (κ1) is 16.5. The van der Waals surface area contributed by atoms with Crippen molar-refractivity contribution in [3.05, 3.63) is 64.4 Å². The van der Waals surface area contributed by atoms with Crippen LogP contribution < -0.4 is 11.1 Å². The predicted octanol–water partition coefficient (Wildman–Crippen LogP) is 2.86. The van der Waals surface area contributed by atoms with Crippen molar-refractivity contribution in [3.63, 3.8) is 0 Å². The average Bonchev–Trinajstić information content (AvgIpc) is 3.22. The molecule has 3 aromatic rings. The van der Waals surface area contributed by atoms with Crippen molar-refractivity contribution in [3.8, 4) is 0 Å². The highest BCUT2D eigenvalue weighted by molar-refractivity contribution is 5.96. The first-order valence-corrected chi connectivity index (χ1v) is 8.51. The number of aromatic nitrogens is 1. The Morgan fingerprint density at radius 3 is 3.00 bits per heavy atom. The summed E-state index contributed by atoms with van der Waals surface area (Å²) < 4.78 is 18.9. The number of fused-ring (bicyclic) bond motifs is 1. The molecule has 2 aromatic carbocycles. The maximum absolute atomic E-state index is 13.9. The SMILES string of the molecule is O=C(Nc1ccc2oc(=O)[nH]c2c1)C1CCCN1Cc1ccccc1F. The van der Waals surface area contributed by atoms with Gasteiger partial charge in [0, 0.05) is 17.8 Å². The first-order chi connectivity index (χ1) is 12.6. The number of hydrogen-bond donors (Lipinski definition) is 2. The summed E-state index contributed by atoms with van der Waals surface area (Å²) in [7, 11) is 0. The Hall–Kier alpha value is -2.93. The Bertz CT molecular complexity index is 1010. The van der Waals surface area contributed by atoms with Gasteiger partial charge in [-0.3, -0.25) is 14.7 Å². The van der Waals surface area contributed by atoms with E-state index in [-0.39, 0.29) is 17.8 Å². The highest BCUT2D eigenvalue weighted by atomic mass is 19.1. The molecule has 2 N–H and O–H groups in total. The van der Waals surface area contributed by atoms with Crippen LogP contribution in [0.1, 0.15) is 18.4 Å². The molecular formula is C19H18FN3O3. The van der Waals surface area contributed by atoms with Gasteiger partial charge in [0.15, 0.2) is 5.58 Å². The molecule has 6 nitrogen and oxygen atoms in total. The van der Waals surface area contributed by atoms with Gasteiger partial charge in [0.25, 0.3) is 0 Å². The van der Waals surface area contributed by atoms with Gasteiger partial charge in [-0.2, -0.15) is 0 Å². The van der Waals surface area contributed by atoms with Gasteiger partial charge >= 0.3 is 5.76 Å². The van der Waals surface area contributed by atoms with Crippen molar-refractivity contribution in [2.45, 2.75) is 25.4 Å². The second kappa shape index (κ2) is 6.76. The Labute approximate surface area is 148 Å². The lowest BCUT2D eigenvalue weighted by Crippen LogP contribution is -2.39. The minimum absolute atomic E-state index is 0.135. The van der Waals surface area contributed by atoms with Crippen LogP contribution in [0.3, 0.4) is 0 Å². The number of carbonyl (C=O) groups is 1. The minimum atomic E-state index is -0.532. The molecule has 1 atom stereocenters. The summed E-state index contributed by atoms with van der Waals surface area (Å²) >= 11 is 0. The van der Waals surface area contributed by atoms with E-state index in [0.29, 0.717) is 28.9 Å². The molecule has 0 bridgehead atoms. The van der Waals surface area contributed by atoms with Gasteiger partial charge in [-0.25, -0.2) is 9.18 Å². The molecule has 0 aliphatic carbocycles. The van der Waals surface area contributed by atoms with E-state index in [1.54, 1.807) is 36.4 Å². The number of oxazole rings is 1. The van der Waals surface area contributed by atoms with E-state index in [0.717, 1.165) is 19.4 Å². The highest BCUT2D eigenvalue weighted by Crippen LogP contribution is 2.23. The molecule has 2 heterocycles. The number of hydrogen-bond acceptors (Lipinski definition) is 4. The van der Waals surface area contributed by atoms with Crippen LogP contribution in [0, 0.1) is 5.82 Å². The van der Waals surface area contributed by atoms with Crippen LogP contribution in [-0.2, 0) is 11.3 Å². The van der Waals surface area contributed by atoms with E-state index in [1.807, 2.05) is 4.90 Å². The Morgan fingerprint density at radius 1 is 1.31 bits per heavy atom. The third kappa shape index (κ3) is 3.25. The second-order valence-electron chi connectivity index (χ2n) is 6.43. The topological polar surface area (TPSA) is 78.3 Å². The molecule has 1 unspecified atom stereocenters.